The van der Waals surface area contributed by atoms with Crippen LogP contribution in [0.4, 0.5) is 0 Å². The average Bonchev–Trinajstić information content (AvgIpc) is 2.37. The Kier molecular flexibility index (Phi) is 3.45. The van der Waals surface area contributed by atoms with E-state index < -0.39 is 5.41 Å². The summed E-state index contributed by atoms with van der Waals surface area (Å²) in [6, 6.07) is 0. The molecule has 1 rings (SSSR count). The maximum absolute atomic E-state index is 12.1. The molecule has 0 bridgehead atoms. The van der Waals surface area contributed by atoms with Crippen LogP contribution < -0.4 is 5.73 Å². The van der Waals surface area contributed by atoms with Gasteiger partial charge in [0, 0.05) is 11.8 Å². The first-order valence-corrected chi connectivity index (χ1v) is 5.41. The second-order valence-corrected chi connectivity index (χ2v) is 4.70. The minimum atomic E-state index is -0.502. The molecule has 0 heterocycles. The predicted molar refractivity (Wildman–Crippen MR) is 59.3 cm³/mol. The second-order valence-electron chi connectivity index (χ2n) is 4.70. The fraction of sp³-hybridized carbons (Fsp3) is 0.667. The molecule has 0 aromatic heterocycles. The lowest BCUT2D eigenvalue weighted by Gasteiger charge is -2.25. The molecular formula is C12H19NO2. The van der Waals surface area contributed by atoms with Crippen molar-refractivity contribution in [2.24, 2.45) is 17.1 Å². The third-order valence-corrected chi connectivity index (χ3v) is 3.38. The Bertz CT molecular complexity index is 318. The lowest BCUT2D eigenvalue weighted by molar-refractivity contribution is -0.124. The summed E-state index contributed by atoms with van der Waals surface area (Å²) in [7, 11) is 0. The number of hydrogen-bond acceptors (Lipinski definition) is 3. The minimum absolute atomic E-state index is 0.00375. The van der Waals surface area contributed by atoms with E-state index in [0.29, 0.717) is 25.0 Å². The van der Waals surface area contributed by atoms with E-state index >= 15 is 0 Å². The number of ketones is 2. The topological polar surface area (TPSA) is 60.2 Å². The molecule has 0 aromatic rings. The van der Waals surface area contributed by atoms with Gasteiger partial charge in [0.25, 0.3) is 0 Å². The Morgan fingerprint density at radius 1 is 1.47 bits per heavy atom. The maximum Gasteiger partial charge on any atom is 0.172 e. The van der Waals surface area contributed by atoms with Gasteiger partial charge in [-0.15, -0.1) is 0 Å². The summed E-state index contributed by atoms with van der Waals surface area (Å²) in [5, 5.41) is 0. The van der Waals surface area contributed by atoms with E-state index in [2.05, 4.69) is 0 Å². The van der Waals surface area contributed by atoms with E-state index in [1.54, 1.807) is 6.08 Å². The molecule has 84 valence electrons. The van der Waals surface area contributed by atoms with Crippen molar-refractivity contribution in [2.75, 3.05) is 6.54 Å². The SMILES string of the molecule is CC(C)C1(C)CC(=O)/C(=C\CCN)C1=O. The summed E-state index contributed by atoms with van der Waals surface area (Å²) in [4.78, 5) is 23.7. The molecule has 15 heavy (non-hydrogen) atoms. The summed E-state index contributed by atoms with van der Waals surface area (Å²) in [6.45, 7) is 6.32. The quantitative estimate of drug-likeness (QED) is 0.565. The maximum atomic E-state index is 12.1. The highest BCUT2D eigenvalue weighted by Gasteiger charge is 2.47. The Morgan fingerprint density at radius 2 is 2.07 bits per heavy atom. The van der Waals surface area contributed by atoms with Crippen LogP contribution in [-0.2, 0) is 9.59 Å². The molecule has 1 atom stereocenters. The van der Waals surface area contributed by atoms with Crippen LogP contribution in [0.1, 0.15) is 33.6 Å². The van der Waals surface area contributed by atoms with Crippen LogP contribution in [0.15, 0.2) is 11.6 Å². The fourth-order valence-corrected chi connectivity index (χ4v) is 1.84. The summed E-state index contributed by atoms with van der Waals surface area (Å²) >= 11 is 0. The highest BCUT2D eigenvalue weighted by Crippen LogP contribution is 2.41. The summed E-state index contributed by atoms with van der Waals surface area (Å²) in [5.41, 5.74) is 5.23. The first kappa shape index (κ1) is 12.1. The monoisotopic (exact) mass is 209 g/mol. The van der Waals surface area contributed by atoms with Crippen LogP contribution >= 0.6 is 0 Å². The van der Waals surface area contributed by atoms with E-state index in [0.717, 1.165) is 0 Å². The number of nitrogens with two attached hydrogens (primary N) is 1. The molecule has 1 fully saturated rings. The van der Waals surface area contributed by atoms with Crippen LogP contribution in [0.2, 0.25) is 0 Å². The van der Waals surface area contributed by atoms with Crippen LogP contribution in [0, 0.1) is 11.3 Å². The number of hydrogen-bond donors (Lipinski definition) is 1. The molecule has 2 N–H and O–H groups in total. The number of carbonyl (C=O) groups is 2. The van der Waals surface area contributed by atoms with Crippen LogP contribution in [0.5, 0.6) is 0 Å². The largest absolute Gasteiger partial charge is 0.330 e. The molecule has 1 saturated carbocycles. The van der Waals surface area contributed by atoms with Gasteiger partial charge in [0.05, 0.1) is 5.57 Å². The van der Waals surface area contributed by atoms with Gasteiger partial charge in [0.1, 0.15) is 0 Å². The molecule has 1 aliphatic rings. The first-order valence-electron chi connectivity index (χ1n) is 5.41. The van der Waals surface area contributed by atoms with Gasteiger partial charge in [-0.05, 0) is 18.9 Å². The van der Waals surface area contributed by atoms with E-state index in [-0.39, 0.29) is 17.5 Å². The van der Waals surface area contributed by atoms with Crippen molar-refractivity contribution in [1.82, 2.24) is 0 Å². The van der Waals surface area contributed by atoms with Crippen molar-refractivity contribution >= 4 is 11.6 Å². The third-order valence-electron chi connectivity index (χ3n) is 3.38. The van der Waals surface area contributed by atoms with Gasteiger partial charge in [0.2, 0.25) is 0 Å². The normalized spacial score (nSPS) is 29.5. The predicted octanol–water partition coefficient (Wildman–Crippen LogP) is 1.47. The Labute approximate surface area is 90.7 Å². The van der Waals surface area contributed by atoms with Gasteiger partial charge in [-0.1, -0.05) is 26.8 Å². The fourth-order valence-electron chi connectivity index (χ4n) is 1.84. The third kappa shape index (κ3) is 2.02. The molecule has 3 nitrogen and oxygen atoms in total. The molecule has 1 aliphatic carbocycles. The Morgan fingerprint density at radius 3 is 2.47 bits per heavy atom. The standard InChI is InChI=1S/C12H19NO2/c1-8(2)12(3)7-10(14)9(11(12)15)5-4-6-13/h5,8H,4,6-7,13H2,1-3H3/b9-5+. The number of rotatable bonds is 3. The van der Waals surface area contributed by atoms with Crippen molar-refractivity contribution in [2.45, 2.75) is 33.6 Å². The van der Waals surface area contributed by atoms with Crippen molar-refractivity contribution < 1.29 is 9.59 Å². The van der Waals surface area contributed by atoms with Gasteiger partial charge in [-0.3, -0.25) is 9.59 Å². The van der Waals surface area contributed by atoms with E-state index in [1.807, 2.05) is 20.8 Å². The highest BCUT2D eigenvalue weighted by atomic mass is 16.2. The Hall–Kier alpha value is -0.960. The van der Waals surface area contributed by atoms with Gasteiger partial charge in [0.15, 0.2) is 11.6 Å². The van der Waals surface area contributed by atoms with Gasteiger partial charge < -0.3 is 5.73 Å². The van der Waals surface area contributed by atoms with Crippen LogP contribution in [-0.4, -0.2) is 18.1 Å². The zero-order valence-electron chi connectivity index (χ0n) is 9.67. The summed E-state index contributed by atoms with van der Waals surface area (Å²) in [6.07, 6.45) is 2.64. The van der Waals surface area contributed by atoms with E-state index in [4.69, 9.17) is 5.73 Å². The molecule has 1 unspecified atom stereocenters. The van der Waals surface area contributed by atoms with Crippen LogP contribution in [0.3, 0.4) is 0 Å². The molecule has 0 radical (unpaired) electrons. The number of allylic oxidation sites excluding steroid dienone is 1. The molecule has 3 heteroatoms. The summed E-state index contributed by atoms with van der Waals surface area (Å²) in [5.74, 6) is 0.165. The van der Waals surface area contributed by atoms with Gasteiger partial charge in [-0.25, -0.2) is 0 Å². The minimum Gasteiger partial charge on any atom is -0.330 e. The highest BCUT2D eigenvalue weighted by molar-refractivity contribution is 6.27. The van der Waals surface area contributed by atoms with E-state index in [9.17, 15) is 9.59 Å². The zero-order valence-corrected chi connectivity index (χ0v) is 9.67. The van der Waals surface area contributed by atoms with Crippen LogP contribution in [0.25, 0.3) is 0 Å². The molecule has 0 aliphatic heterocycles. The van der Waals surface area contributed by atoms with E-state index in [1.165, 1.54) is 0 Å². The molecule has 0 amide bonds. The lowest BCUT2D eigenvalue weighted by atomic mass is 9.76. The second kappa shape index (κ2) is 4.27. The lowest BCUT2D eigenvalue weighted by Crippen LogP contribution is -2.28. The van der Waals surface area contributed by atoms with Crippen molar-refractivity contribution in [3.63, 3.8) is 0 Å². The number of Topliss-reactive ketones (excluding diaryl/α,β-unsaturated/α-hetero) is 2. The van der Waals surface area contributed by atoms with Gasteiger partial charge in [-0.2, -0.15) is 0 Å². The van der Waals surface area contributed by atoms with Crippen molar-refractivity contribution in [3.8, 4) is 0 Å². The van der Waals surface area contributed by atoms with Gasteiger partial charge >= 0.3 is 0 Å². The van der Waals surface area contributed by atoms with Crippen molar-refractivity contribution in [3.05, 3.63) is 11.6 Å². The zero-order chi connectivity index (χ0) is 11.6. The molecular weight excluding hydrogens is 190 g/mol. The molecule has 0 aromatic carbocycles. The molecule has 0 spiro atoms. The summed E-state index contributed by atoms with van der Waals surface area (Å²) < 4.78 is 0. The smallest absolute Gasteiger partial charge is 0.172 e. The number of carbonyl (C=O) groups excluding carboxylic acids is 2. The Balaban J connectivity index is 2.98. The molecule has 0 saturated heterocycles. The van der Waals surface area contributed by atoms with Crippen molar-refractivity contribution in [1.29, 1.82) is 0 Å². The average molecular weight is 209 g/mol. The first-order chi connectivity index (χ1) is 6.93.